The fourth-order valence-electron chi connectivity index (χ4n) is 2.64. The van der Waals surface area contributed by atoms with E-state index in [4.69, 9.17) is 0 Å². The summed E-state index contributed by atoms with van der Waals surface area (Å²) >= 11 is 0. The van der Waals surface area contributed by atoms with Crippen molar-refractivity contribution in [2.24, 2.45) is 5.41 Å². The average molecular weight is 235 g/mol. The fourth-order valence-corrected chi connectivity index (χ4v) is 2.64. The lowest BCUT2D eigenvalue weighted by Gasteiger charge is -2.35. The molecule has 1 aromatic rings. The van der Waals surface area contributed by atoms with E-state index in [0.29, 0.717) is 11.5 Å². The van der Waals surface area contributed by atoms with Crippen molar-refractivity contribution in [3.63, 3.8) is 0 Å². The van der Waals surface area contributed by atoms with Crippen molar-refractivity contribution in [1.82, 2.24) is 9.55 Å². The van der Waals surface area contributed by atoms with Crippen LogP contribution in [-0.2, 0) is 0 Å². The van der Waals surface area contributed by atoms with Crippen molar-refractivity contribution in [2.45, 2.75) is 58.9 Å². The van der Waals surface area contributed by atoms with E-state index in [1.54, 1.807) is 0 Å². The van der Waals surface area contributed by atoms with Gasteiger partial charge in [-0.1, -0.05) is 20.8 Å². The monoisotopic (exact) mass is 235 g/mol. The molecule has 1 aliphatic carbocycles. The van der Waals surface area contributed by atoms with Gasteiger partial charge in [0.25, 0.3) is 0 Å². The van der Waals surface area contributed by atoms with Crippen LogP contribution < -0.4 is 5.32 Å². The second-order valence-corrected chi connectivity index (χ2v) is 5.98. The van der Waals surface area contributed by atoms with Gasteiger partial charge in [0, 0.05) is 25.0 Å². The van der Waals surface area contributed by atoms with E-state index in [2.05, 4.69) is 41.8 Å². The number of nitrogens with zero attached hydrogens (tertiary/aromatic N) is 2. The highest BCUT2D eigenvalue weighted by Gasteiger charge is 2.28. The molecule has 0 aromatic carbocycles. The molecule has 1 fully saturated rings. The lowest BCUT2D eigenvalue weighted by Crippen LogP contribution is -2.24. The van der Waals surface area contributed by atoms with Gasteiger partial charge in [0.1, 0.15) is 0 Å². The first-order valence-corrected chi connectivity index (χ1v) is 6.89. The first-order valence-electron chi connectivity index (χ1n) is 6.89. The third-order valence-electron chi connectivity index (χ3n) is 3.90. The number of anilines is 1. The Bertz CT molecular complexity index is 344. The third-order valence-corrected chi connectivity index (χ3v) is 3.90. The molecule has 1 heterocycles. The molecule has 1 aliphatic rings. The molecule has 1 aromatic heterocycles. The summed E-state index contributed by atoms with van der Waals surface area (Å²) in [6.07, 6.45) is 10.4. The zero-order valence-corrected chi connectivity index (χ0v) is 11.4. The molecule has 3 heteroatoms. The zero-order valence-electron chi connectivity index (χ0n) is 11.4. The highest BCUT2D eigenvalue weighted by molar-refractivity contribution is 5.26. The van der Waals surface area contributed by atoms with E-state index >= 15 is 0 Å². The van der Waals surface area contributed by atoms with Gasteiger partial charge in [-0.2, -0.15) is 0 Å². The Morgan fingerprint density at radius 1 is 1.41 bits per heavy atom. The Hall–Kier alpha value is -0.990. The molecule has 0 amide bonds. The molecule has 0 unspecified atom stereocenters. The largest absolute Gasteiger partial charge is 0.356 e. The van der Waals surface area contributed by atoms with Gasteiger partial charge in [-0.25, -0.2) is 4.98 Å². The maximum Gasteiger partial charge on any atom is 0.203 e. The maximum atomic E-state index is 4.42. The van der Waals surface area contributed by atoms with Crippen LogP contribution >= 0.6 is 0 Å². The molecule has 1 saturated carbocycles. The van der Waals surface area contributed by atoms with E-state index in [1.807, 2.05) is 6.20 Å². The maximum absolute atomic E-state index is 4.42. The van der Waals surface area contributed by atoms with Crippen LogP contribution in [0.4, 0.5) is 5.95 Å². The Morgan fingerprint density at radius 3 is 2.76 bits per heavy atom. The van der Waals surface area contributed by atoms with Crippen LogP contribution in [0.1, 0.15) is 58.9 Å². The summed E-state index contributed by atoms with van der Waals surface area (Å²) in [7, 11) is 0. The van der Waals surface area contributed by atoms with Gasteiger partial charge < -0.3 is 9.88 Å². The first-order chi connectivity index (χ1) is 8.12. The second kappa shape index (κ2) is 5.11. The zero-order chi connectivity index (χ0) is 12.3. The molecule has 3 nitrogen and oxygen atoms in total. The molecule has 0 spiro atoms. The van der Waals surface area contributed by atoms with Gasteiger partial charge in [0.05, 0.1) is 0 Å². The highest BCUT2D eigenvalue weighted by Crippen LogP contribution is 2.40. The predicted octanol–water partition coefficient (Wildman–Crippen LogP) is 3.85. The van der Waals surface area contributed by atoms with Crippen LogP contribution in [0.2, 0.25) is 0 Å². The first kappa shape index (κ1) is 12.5. The van der Waals surface area contributed by atoms with Gasteiger partial charge in [-0.15, -0.1) is 0 Å². The van der Waals surface area contributed by atoms with Crippen molar-refractivity contribution in [3.05, 3.63) is 12.4 Å². The normalized spacial score (nSPS) is 20.4. The fraction of sp³-hybridized carbons (Fsp3) is 0.786. The Kier molecular flexibility index (Phi) is 3.75. The van der Waals surface area contributed by atoms with Crippen molar-refractivity contribution in [1.29, 1.82) is 0 Å². The van der Waals surface area contributed by atoms with E-state index < -0.39 is 0 Å². The Labute approximate surface area is 105 Å². The van der Waals surface area contributed by atoms with E-state index in [0.717, 1.165) is 18.9 Å². The van der Waals surface area contributed by atoms with Gasteiger partial charge in [-0.3, -0.25) is 0 Å². The lowest BCUT2D eigenvalue weighted by atomic mass is 9.75. The number of imidazole rings is 1. The van der Waals surface area contributed by atoms with E-state index in [1.165, 1.54) is 25.7 Å². The number of aromatic nitrogens is 2. The van der Waals surface area contributed by atoms with Crippen LogP contribution in [0, 0.1) is 5.41 Å². The van der Waals surface area contributed by atoms with Crippen LogP contribution in [-0.4, -0.2) is 16.1 Å². The summed E-state index contributed by atoms with van der Waals surface area (Å²) in [6, 6.07) is 0.643. The Morgan fingerprint density at radius 2 is 2.12 bits per heavy atom. The molecule has 96 valence electrons. The minimum Gasteiger partial charge on any atom is -0.356 e. The molecular weight excluding hydrogens is 210 g/mol. The molecule has 17 heavy (non-hydrogen) atoms. The SMILES string of the molecule is CCCNc1nccn1C1CCC(C)(C)CC1. The molecule has 0 bridgehead atoms. The summed E-state index contributed by atoms with van der Waals surface area (Å²) in [5.41, 5.74) is 0.536. The summed E-state index contributed by atoms with van der Waals surface area (Å²) in [4.78, 5) is 4.42. The standard InChI is InChI=1S/C14H25N3/c1-4-9-15-13-16-10-11-17(13)12-5-7-14(2,3)8-6-12/h10-12H,4-9H2,1-3H3,(H,15,16). The number of hydrogen-bond acceptors (Lipinski definition) is 2. The van der Waals surface area contributed by atoms with Crippen molar-refractivity contribution in [2.75, 3.05) is 11.9 Å². The molecule has 0 atom stereocenters. The number of nitrogens with one attached hydrogen (secondary N) is 1. The molecule has 1 N–H and O–H groups in total. The van der Waals surface area contributed by atoms with Crippen molar-refractivity contribution in [3.8, 4) is 0 Å². The predicted molar refractivity (Wildman–Crippen MR) is 72.3 cm³/mol. The number of rotatable bonds is 4. The minimum atomic E-state index is 0.536. The van der Waals surface area contributed by atoms with Crippen LogP contribution in [0.15, 0.2) is 12.4 Å². The molecule has 0 aliphatic heterocycles. The molecule has 0 radical (unpaired) electrons. The third kappa shape index (κ3) is 3.02. The number of hydrogen-bond donors (Lipinski definition) is 1. The molecule has 0 saturated heterocycles. The Balaban J connectivity index is 2.00. The summed E-state index contributed by atoms with van der Waals surface area (Å²) < 4.78 is 2.34. The molecule has 2 rings (SSSR count). The molecular formula is C14H25N3. The van der Waals surface area contributed by atoms with Gasteiger partial charge in [0.2, 0.25) is 5.95 Å². The minimum absolute atomic E-state index is 0.536. The van der Waals surface area contributed by atoms with Gasteiger partial charge >= 0.3 is 0 Å². The van der Waals surface area contributed by atoms with Gasteiger partial charge in [-0.05, 0) is 37.5 Å². The van der Waals surface area contributed by atoms with Gasteiger partial charge in [0.15, 0.2) is 0 Å². The summed E-state index contributed by atoms with van der Waals surface area (Å²) in [5, 5.41) is 3.41. The van der Waals surface area contributed by atoms with Crippen molar-refractivity contribution >= 4 is 5.95 Å². The second-order valence-electron chi connectivity index (χ2n) is 5.98. The van der Waals surface area contributed by atoms with E-state index in [9.17, 15) is 0 Å². The summed E-state index contributed by atoms with van der Waals surface area (Å²) in [6.45, 7) is 7.96. The lowest BCUT2D eigenvalue weighted by molar-refractivity contribution is 0.194. The van der Waals surface area contributed by atoms with Crippen LogP contribution in [0.5, 0.6) is 0 Å². The van der Waals surface area contributed by atoms with E-state index in [-0.39, 0.29) is 0 Å². The van der Waals surface area contributed by atoms with Crippen LogP contribution in [0.3, 0.4) is 0 Å². The summed E-state index contributed by atoms with van der Waals surface area (Å²) in [5.74, 6) is 1.05. The van der Waals surface area contributed by atoms with Crippen molar-refractivity contribution < 1.29 is 0 Å². The average Bonchev–Trinajstić information content (AvgIpc) is 2.74. The smallest absolute Gasteiger partial charge is 0.203 e. The van der Waals surface area contributed by atoms with Crippen LogP contribution in [0.25, 0.3) is 0 Å². The quantitative estimate of drug-likeness (QED) is 0.859. The highest BCUT2D eigenvalue weighted by atomic mass is 15.2. The topological polar surface area (TPSA) is 29.9 Å².